The summed E-state index contributed by atoms with van der Waals surface area (Å²) in [6, 6.07) is 2.48. The quantitative estimate of drug-likeness (QED) is 0.626. The number of nitrogens with two attached hydrogens (primary N) is 1. The largest absolute Gasteiger partial charge is 0.420 e. The Morgan fingerprint density at radius 1 is 1.36 bits per heavy atom. The third-order valence-electron chi connectivity index (χ3n) is 2.18. The molecule has 2 nitrogen and oxygen atoms in total. The van der Waals surface area contributed by atoms with E-state index in [-0.39, 0.29) is 0 Å². The zero-order valence-electron chi connectivity index (χ0n) is 8.02. The van der Waals surface area contributed by atoms with E-state index in [2.05, 4.69) is 13.5 Å². The van der Waals surface area contributed by atoms with Gasteiger partial charge in [0.25, 0.3) is 0 Å². The van der Waals surface area contributed by atoms with E-state index in [1.54, 1.807) is 0 Å². The predicted molar refractivity (Wildman–Crippen MR) is 52.2 cm³/mol. The minimum Gasteiger partial charge on any atom is -0.420 e. The highest BCUT2D eigenvalue weighted by Crippen LogP contribution is 2.19. The highest BCUT2D eigenvalue weighted by molar-refractivity contribution is 6.72. The second kappa shape index (κ2) is 5.74. The van der Waals surface area contributed by atoms with Crippen LogP contribution in [0.1, 0.15) is 19.8 Å². The first-order chi connectivity index (χ1) is 5.18. The first kappa shape index (κ1) is 11.1. The average molecular weight is 175 g/mol. The molecule has 3 heteroatoms. The molecular formula is C8H21NOSi. The lowest BCUT2D eigenvalue weighted by Gasteiger charge is -2.24. The molecule has 0 aliphatic rings. The van der Waals surface area contributed by atoms with Crippen LogP contribution in [0.4, 0.5) is 0 Å². The molecule has 0 saturated heterocycles. The van der Waals surface area contributed by atoms with Gasteiger partial charge in [-0.25, -0.2) is 0 Å². The third-order valence-corrected chi connectivity index (χ3v) is 6.14. The molecule has 0 bridgehead atoms. The Morgan fingerprint density at radius 2 is 2.00 bits per heavy atom. The van der Waals surface area contributed by atoms with Crippen LogP contribution in [0, 0.1) is 0 Å². The Balaban J connectivity index is 3.68. The Labute approximate surface area is 71.3 Å². The van der Waals surface area contributed by atoms with Crippen LogP contribution in [-0.2, 0) is 4.43 Å². The van der Waals surface area contributed by atoms with Gasteiger partial charge in [-0.05, 0) is 31.6 Å². The van der Waals surface area contributed by atoms with E-state index < -0.39 is 8.32 Å². The van der Waals surface area contributed by atoms with Gasteiger partial charge in [0.15, 0.2) is 8.32 Å². The monoisotopic (exact) mass is 175 g/mol. The molecule has 0 radical (unpaired) electrons. The van der Waals surface area contributed by atoms with E-state index in [1.807, 2.05) is 7.11 Å². The summed E-state index contributed by atoms with van der Waals surface area (Å²) in [6.45, 7) is 5.31. The Hall–Kier alpha value is 0.137. The fourth-order valence-corrected chi connectivity index (χ4v) is 4.00. The van der Waals surface area contributed by atoms with Crippen molar-refractivity contribution in [2.45, 2.75) is 38.4 Å². The molecule has 0 aliphatic heterocycles. The van der Waals surface area contributed by atoms with Gasteiger partial charge in [0, 0.05) is 7.11 Å². The lowest BCUT2D eigenvalue weighted by Crippen LogP contribution is -2.33. The molecule has 0 saturated carbocycles. The van der Waals surface area contributed by atoms with Crippen LogP contribution in [0.2, 0.25) is 18.6 Å². The van der Waals surface area contributed by atoms with Crippen LogP contribution in [0.5, 0.6) is 0 Å². The van der Waals surface area contributed by atoms with Crippen LogP contribution in [0.15, 0.2) is 0 Å². The third kappa shape index (κ3) is 4.56. The molecule has 0 aromatic rings. The van der Waals surface area contributed by atoms with Gasteiger partial charge in [0.1, 0.15) is 0 Å². The summed E-state index contributed by atoms with van der Waals surface area (Å²) >= 11 is 0. The zero-order chi connectivity index (χ0) is 8.74. The van der Waals surface area contributed by atoms with Crippen molar-refractivity contribution in [3.63, 3.8) is 0 Å². The van der Waals surface area contributed by atoms with Crippen LogP contribution >= 0.6 is 0 Å². The molecule has 0 fully saturated rings. The maximum absolute atomic E-state index is 5.56. The van der Waals surface area contributed by atoms with Gasteiger partial charge < -0.3 is 10.2 Å². The van der Waals surface area contributed by atoms with Gasteiger partial charge in [0.2, 0.25) is 0 Å². The normalized spacial score (nSPS) is 16.4. The smallest absolute Gasteiger partial charge is 0.189 e. The Kier molecular flexibility index (Phi) is 5.82. The molecule has 68 valence electrons. The summed E-state index contributed by atoms with van der Waals surface area (Å²) in [6.07, 6.45) is 2.36. The molecule has 0 heterocycles. The SMILES string of the molecule is CCC[Si](C)(CCCN)OC. The summed E-state index contributed by atoms with van der Waals surface area (Å²) < 4.78 is 5.56. The van der Waals surface area contributed by atoms with Crippen molar-refractivity contribution < 1.29 is 4.43 Å². The van der Waals surface area contributed by atoms with Crippen molar-refractivity contribution in [2.24, 2.45) is 5.73 Å². The standard InChI is InChI=1S/C8H21NOSi/c1-4-7-11(3,10-2)8-5-6-9/h4-9H2,1-3H3. The lowest BCUT2D eigenvalue weighted by atomic mass is 10.5. The maximum atomic E-state index is 5.56. The number of hydrogen-bond acceptors (Lipinski definition) is 2. The van der Waals surface area contributed by atoms with E-state index >= 15 is 0 Å². The molecule has 1 unspecified atom stereocenters. The minimum absolute atomic E-state index is 0.801. The molecule has 0 spiro atoms. The van der Waals surface area contributed by atoms with Crippen LogP contribution in [0.3, 0.4) is 0 Å². The fourth-order valence-electron chi connectivity index (χ4n) is 1.33. The van der Waals surface area contributed by atoms with Crippen LogP contribution in [-0.4, -0.2) is 22.0 Å². The van der Waals surface area contributed by atoms with Crippen molar-refractivity contribution in [1.29, 1.82) is 0 Å². The highest BCUT2D eigenvalue weighted by Gasteiger charge is 2.25. The van der Waals surface area contributed by atoms with Gasteiger partial charge in [-0.1, -0.05) is 13.3 Å². The molecule has 2 N–H and O–H groups in total. The molecule has 0 amide bonds. The minimum atomic E-state index is -1.32. The topological polar surface area (TPSA) is 35.2 Å². The van der Waals surface area contributed by atoms with Crippen molar-refractivity contribution >= 4 is 8.32 Å². The summed E-state index contributed by atoms with van der Waals surface area (Å²) in [5.74, 6) is 0. The van der Waals surface area contributed by atoms with Crippen LogP contribution in [0.25, 0.3) is 0 Å². The first-order valence-electron chi connectivity index (χ1n) is 4.43. The van der Waals surface area contributed by atoms with Gasteiger partial charge in [-0.2, -0.15) is 0 Å². The van der Waals surface area contributed by atoms with Crippen molar-refractivity contribution in [3.05, 3.63) is 0 Å². The van der Waals surface area contributed by atoms with E-state index in [0.29, 0.717) is 0 Å². The van der Waals surface area contributed by atoms with Gasteiger partial charge in [-0.15, -0.1) is 0 Å². The Bertz CT molecular complexity index is 100. The van der Waals surface area contributed by atoms with Crippen LogP contribution < -0.4 is 5.73 Å². The molecule has 0 aromatic heterocycles. The maximum Gasteiger partial charge on any atom is 0.189 e. The second-order valence-corrected chi connectivity index (χ2v) is 7.60. The summed E-state index contributed by atoms with van der Waals surface area (Å²) in [5.41, 5.74) is 5.45. The molecule has 1 atom stereocenters. The molecule has 11 heavy (non-hydrogen) atoms. The van der Waals surface area contributed by atoms with Crippen molar-refractivity contribution in [1.82, 2.24) is 0 Å². The summed E-state index contributed by atoms with van der Waals surface area (Å²) in [4.78, 5) is 0. The molecule has 0 rings (SSSR count). The first-order valence-corrected chi connectivity index (χ1v) is 7.26. The highest BCUT2D eigenvalue weighted by atomic mass is 28.4. The predicted octanol–water partition coefficient (Wildman–Crippen LogP) is 1.97. The summed E-state index contributed by atoms with van der Waals surface area (Å²) in [7, 11) is 0.521. The van der Waals surface area contributed by atoms with Gasteiger partial charge in [0.05, 0.1) is 0 Å². The second-order valence-electron chi connectivity index (χ2n) is 3.30. The number of hydrogen-bond donors (Lipinski definition) is 1. The number of rotatable bonds is 6. The fraction of sp³-hybridized carbons (Fsp3) is 1.00. The van der Waals surface area contributed by atoms with Crippen molar-refractivity contribution in [2.75, 3.05) is 13.7 Å². The molecule has 0 aromatic carbocycles. The Morgan fingerprint density at radius 3 is 2.36 bits per heavy atom. The zero-order valence-corrected chi connectivity index (χ0v) is 9.02. The van der Waals surface area contributed by atoms with Crippen molar-refractivity contribution in [3.8, 4) is 0 Å². The van der Waals surface area contributed by atoms with E-state index in [1.165, 1.54) is 18.5 Å². The molecular weight excluding hydrogens is 154 g/mol. The average Bonchev–Trinajstić information content (AvgIpc) is 2.02. The van der Waals surface area contributed by atoms with E-state index in [4.69, 9.17) is 10.2 Å². The van der Waals surface area contributed by atoms with Gasteiger partial charge >= 0.3 is 0 Å². The molecule has 0 aliphatic carbocycles. The van der Waals surface area contributed by atoms with E-state index in [9.17, 15) is 0 Å². The van der Waals surface area contributed by atoms with Gasteiger partial charge in [-0.3, -0.25) is 0 Å². The summed E-state index contributed by atoms with van der Waals surface area (Å²) in [5, 5.41) is 0. The van der Waals surface area contributed by atoms with E-state index in [0.717, 1.165) is 13.0 Å². The lowest BCUT2D eigenvalue weighted by molar-refractivity contribution is 0.394.